The van der Waals surface area contributed by atoms with E-state index in [1.165, 1.54) is 6.07 Å². The molecular weight excluding hydrogens is 192 g/mol. The lowest BCUT2D eigenvalue weighted by atomic mass is 10.0. The fraction of sp³-hybridized carbons (Fsp3) is 0.250. The van der Waals surface area contributed by atoms with Gasteiger partial charge in [-0.1, -0.05) is 24.0 Å². The Balaban J connectivity index is 3.15. The Morgan fingerprint density at radius 1 is 1.47 bits per heavy atom. The van der Waals surface area contributed by atoms with Crippen LogP contribution in [0.5, 0.6) is 0 Å². The van der Waals surface area contributed by atoms with Gasteiger partial charge in [0.25, 0.3) is 0 Å². The number of benzene rings is 1. The zero-order valence-electron chi connectivity index (χ0n) is 8.45. The number of aryl methyl sites for hydroxylation is 1. The van der Waals surface area contributed by atoms with Gasteiger partial charge < -0.3 is 10.2 Å². The van der Waals surface area contributed by atoms with Gasteiger partial charge in [-0.2, -0.15) is 0 Å². The van der Waals surface area contributed by atoms with Gasteiger partial charge in [0, 0.05) is 12.0 Å². The van der Waals surface area contributed by atoms with Gasteiger partial charge in [0.1, 0.15) is 0 Å². The summed E-state index contributed by atoms with van der Waals surface area (Å²) in [5.74, 6) is 4.52. The molecule has 0 unspecified atom stereocenters. The third kappa shape index (κ3) is 2.83. The maximum atomic E-state index is 10.9. The second kappa shape index (κ2) is 5.18. The summed E-state index contributed by atoms with van der Waals surface area (Å²) in [7, 11) is 0. The molecule has 0 bridgehead atoms. The molecule has 0 atom stereocenters. The van der Waals surface area contributed by atoms with Gasteiger partial charge in [-0.15, -0.1) is 0 Å². The van der Waals surface area contributed by atoms with Gasteiger partial charge in [0.05, 0.1) is 12.2 Å². The number of carboxylic acids is 1. The maximum absolute atomic E-state index is 10.9. The molecule has 0 radical (unpaired) electrons. The zero-order chi connectivity index (χ0) is 11.3. The number of rotatable bonds is 2. The molecule has 78 valence electrons. The Kier molecular flexibility index (Phi) is 3.90. The summed E-state index contributed by atoms with van der Waals surface area (Å²) in [6.45, 7) is 1.80. The lowest BCUT2D eigenvalue weighted by Crippen LogP contribution is -2.01. The van der Waals surface area contributed by atoms with Crippen molar-refractivity contribution in [3.8, 4) is 11.8 Å². The standard InChI is InChI=1S/C12H12O3/c1-9-5-4-7-11(12(14)15)10(9)6-2-3-8-13/h4-5,7,13H,3,8H2,1H3,(H,14,15). The summed E-state index contributed by atoms with van der Waals surface area (Å²) < 4.78 is 0. The Bertz CT molecular complexity index is 424. The molecule has 0 saturated carbocycles. The number of hydrogen-bond donors (Lipinski definition) is 2. The lowest BCUT2D eigenvalue weighted by Gasteiger charge is -2.02. The van der Waals surface area contributed by atoms with E-state index in [1.54, 1.807) is 6.07 Å². The van der Waals surface area contributed by atoms with E-state index >= 15 is 0 Å². The van der Waals surface area contributed by atoms with E-state index in [9.17, 15) is 4.79 Å². The lowest BCUT2D eigenvalue weighted by molar-refractivity contribution is 0.0696. The number of hydrogen-bond acceptors (Lipinski definition) is 2. The monoisotopic (exact) mass is 204 g/mol. The topological polar surface area (TPSA) is 57.5 Å². The Labute approximate surface area is 88.4 Å². The van der Waals surface area contributed by atoms with Crippen LogP contribution in [0.2, 0.25) is 0 Å². The molecule has 0 aliphatic carbocycles. The molecule has 0 aliphatic rings. The van der Waals surface area contributed by atoms with E-state index in [-0.39, 0.29) is 12.2 Å². The largest absolute Gasteiger partial charge is 0.478 e. The minimum absolute atomic E-state index is 0.0126. The molecule has 2 N–H and O–H groups in total. The van der Waals surface area contributed by atoms with Crippen molar-refractivity contribution in [2.45, 2.75) is 13.3 Å². The maximum Gasteiger partial charge on any atom is 0.336 e. The van der Waals surface area contributed by atoms with Gasteiger partial charge in [0.2, 0.25) is 0 Å². The van der Waals surface area contributed by atoms with E-state index in [4.69, 9.17) is 10.2 Å². The quantitative estimate of drug-likeness (QED) is 0.716. The van der Waals surface area contributed by atoms with E-state index in [1.807, 2.05) is 13.0 Å². The number of aromatic carboxylic acids is 1. The Hall–Kier alpha value is -1.79. The van der Waals surface area contributed by atoms with Crippen molar-refractivity contribution >= 4 is 5.97 Å². The number of carboxylic acid groups (broad SMARTS) is 1. The van der Waals surface area contributed by atoms with Crippen molar-refractivity contribution in [3.05, 3.63) is 34.9 Å². The van der Waals surface area contributed by atoms with Gasteiger partial charge in [-0.25, -0.2) is 4.79 Å². The third-order valence-electron chi connectivity index (χ3n) is 1.95. The minimum Gasteiger partial charge on any atom is -0.478 e. The van der Waals surface area contributed by atoms with Crippen LogP contribution in [0.1, 0.15) is 27.9 Å². The second-order valence-corrected chi connectivity index (χ2v) is 3.08. The van der Waals surface area contributed by atoms with Crippen LogP contribution < -0.4 is 0 Å². The van der Waals surface area contributed by atoms with E-state index in [2.05, 4.69) is 11.8 Å². The van der Waals surface area contributed by atoms with Gasteiger partial charge in [0.15, 0.2) is 0 Å². The summed E-state index contributed by atoms with van der Waals surface area (Å²) in [6, 6.07) is 5.03. The molecule has 15 heavy (non-hydrogen) atoms. The van der Waals surface area contributed by atoms with Crippen molar-refractivity contribution < 1.29 is 15.0 Å². The SMILES string of the molecule is Cc1cccc(C(=O)O)c1C#CCCO. The normalized spacial score (nSPS) is 9.20. The summed E-state index contributed by atoms with van der Waals surface area (Å²) in [4.78, 5) is 10.9. The predicted molar refractivity (Wildman–Crippen MR) is 56.7 cm³/mol. The van der Waals surface area contributed by atoms with Crippen LogP contribution in [0, 0.1) is 18.8 Å². The van der Waals surface area contributed by atoms with Gasteiger partial charge in [-0.3, -0.25) is 0 Å². The molecule has 0 fully saturated rings. The third-order valence-corrected chi connectivity index (χ3v) is 1.95. The fourth-order valence-corrected chi connectivity index (χ4v) is 1.22. The molecule has 0 spiro atoms. The molecule has 1 aromatic rings. The van der Waals surface area contributed by atoms with Gasteiger partial charge >= 0.3 is 5.97 Å². The molecule has 3 nitrogen and oxygen atoms in total. The molecule has 3 heteroatoms. The summed E-state index contributed by atoms with van der Waals surface area (Å²) in [6.07, 6.45) is 0.355. The molecule has 0 aliphatic heterocycles. The van der Waals surface area contributed by atoms with Crippen LogP contribution in [-0.4, -0.2) is 22.8 Å². The first-order valence-corrected chi connectivity index (χ1v) is 4.59. The summed E-state index contributed by atoms with van der Waals surface area (Å²) >= 11 is 0. The van der Waals surface area contributed by atoms with Crippen LogP contribution in [0.4, 0.5) is 0 Å². The molecule has 1 rings (SSSR count). The molecule has 0 amide bonds. The number of aliphatic hydroxyl groups excluding tert-OH is 1. The first-order valence-electron chi connectivity index (χ1n) is 4.59. The first kappa shape index (κ1) is 11.3. The average Bonchev–Trinajstić information content (AvgIpc) is 2.20. The van der Waals surface area contributed by atoms with Crippen LogP contribution in [0.25, 0.3) is 0 Å². The highest BCUT2D eigenvalue weighted by molar-refractivity contribution is 5.91. The van der Waals surface area contributed by atoms with E-state index in [0.717, 1.165) is 5.56 Å². The van der Waals surface area contributed by atoms with Crippen LogP contribution in [0.3, 0.4) is 0 Å². The summed E-state index contributed by atoms with van der Waals surface area (Å²) in [5.41, 5.74) is 1.57. The second-order valence-electron chi connectivity index (χ2n) is 3.08. The van der Waals surface area contributed by atoms with Crippen molar-refractivity contribution in [3.63, 3.8) is 0 Å². The highest BCUT2D eigenvalue weighted by Gasteiger charge is 2.09. The van der Waals surface area contributed by atoms with Crippen molar-refractivity contribution in [1.29, 1.82) is 0 Å². The highest BCUT2D eigenvalue weighted by atomic mass is 16.4. The van der Waals surface area contributed by atoms with Crippen LogP contribution >= 0.6 is 0 Å². The number of aliphatic hydroxyl groups is 1. The Morgan fingerprint density at radius 3 is 2.80 bits per heavy atom. The average molecular weight is 204 g/mol. The highest BCUT2D eigenvalue weighted by Crippen LogP contribution is 2.12. The Morgan fingerprint density at radius 2 is 2.20 bits per heavy atom. The molecule has 0 aromatic heterocycles. The first-order chi connectivity index (χ1) is 7.16. The van der Waals surface area contributed by atoms with Crippen molar-refractivity contribution in [2.24, 2.45) is 0 Å². The van der Waals surface area contributed by atoms with Crippen molar-refractivity contribution in [1.82, 2.24) is 0 Å². The zero-order valence-corrected chi connectivity index (χ0v) is 8.45. The molecule has 1 aromatic carbocycles. The molecule has 0 saturated heterocycles. The number of carbonyl (C=O) groups is 1. The van der Waals surface area contributed by atoms with Gasteiger partial charge in [-0.05, 0) is 18.6 Å². The van der Waals surface area contributed by atoms with Crippen molar-refractivity contribution in [2.75, 3.05) is 6.61 Å². The van der Waals surface area contributed by atoms with Crippen LogP contribution in [0.15, 0.2) is 18.2 Å². The predicted octanol–water partition coefficient (Wildman–Crippen LogP) is 1.43. The summed E-state index contributed by atoms with van der Waals surface area (Å²) in [5, 5.41) is 17.5. The molecular formula is C12H12O3. The smallest absolute Gasteiger partial charge is 0.336 e. The minimum atomic E-state index is -0.980. The van der Waals surface area contributed by atoms with E-state index < -0.39 is 5.97 Å². The van der Waals surface area contributed by atoms with Crippen LogP contribution in [-0.2, 0) is 0 Å². The van der Waals surface area contributed by atoms with E-state index in [0.29, 0.717) is 12.0 Å². The fourth-order valence-electron chi connectivity index (χ4n) is 1.22. The molecule has 0 heterocycles.